The normalized spacial score (nSPS) is 14.2. The van der Waals surface area contributed by atoms with Crippen LogP contribution >= 0.6 is 0 Å². The van der Waals surface area contributed by atoms with Crippen LogP contribution in [0.15, 0.2) is 30.3 Å². The van der Waals surface area contributed by atoms with Crippen LogP contribution in [0.1, 0.15) is 19.4 Å². The summed E-state index contributed by atoms with van der Waals surface area (Å²) in [5.74, 6) is 0.516. The molecule has 0 bridgehead atoms. The third-order valence-electron chi connectivity index (χ3n) is 2.70. The van der Waals surface area contributed by atoms with E-state index >= 15 is 0 Å². The van der Waals surface area contributed by atoms with Gasteiger partial charge in [-0.05, 0) is 50.2 Å². The molecule has 0 radical (unpaired) electrons. The molecule has 0 aliphatic heterocycles. The second kappa shape index (κ2) is 5.71. The van der Waals surface area contributed by atoms with Crippen LogP contribution < -0.4 is 5.73 Å². The number of nitrogens with two attached hydrogens (primary N) is 1. The van der Waals surface area contributed by atoms with Gasteiger partial charge in [-0.2, -0.15) is 0 Å². The minimum atomic E-state index is 0.516. The van der Waals surface area contributed by atoms with Crippen LogP contribution in [0.25, 0.3) is 5.57 Å². The van der Waals surface area contributed by atoms with Crippen molar-refractivity contribution in [1.29, 1.82) is 0 Å². The highest BCUT2D eigenvalue weighted by molar-refractivity contribution is 5.69. The SMILES string of the molecule is C/C=C(/c1cccc(N)c1)C(C)CN(C)C. The lowest BCUT2D eigenvalue weighted by atomic mass is 9.93. The van der Waals surface area contributed by atoms with Crippen LogP contribution in [0.4, 0.5) is 5.69 Å². The fraction of sp³-hybridized carbons (Fsp3) is 0.429. The van der Waals surface area contributed by atoms with Gasteiger partial charge in [0.2, 0.25) is 0 Å². The highest BCUT2D eigenvalue weighted by Crippen LogP contribution is 2.25. The average molecular weight is 218 g/mol. The Morgan fingerprint density at radius 2 is 2.12 bits per heavy atom. The Bertz CT molecular complexity index is 367. The second-order valence-electron chi connectivity index (χ2n) is 4.53. The Morgan fingerprint density at radius 3 is 2.62 bits per heavy atom. The summed E-state index contributed by atoms with van der Waals surface area (Å²) in [5.41, 5.74) is 9.24. The highest BCUT2D eigenvalue weighted by atomic mass is 15.1. The minimum Gasteiger partial charge on any atom is -0.399 e. The molecule has 0 amide bonds. The highest BCUT2D eigenvalue weighted by Gasteiger charge is 2.11. The van der Waals surface area contributed by atoms with E-state index in [-0.39, 0.29) is 0 Å². The zero-order valence-electron chi connectivity index (χ0n) is 10.7. The summed E-state index contributed by atoms with van der Waals surface area (Å²) in [6.07, 6.45) is 2.18. The molecule has 1 aromatic rings. The molecule has 2 N–H and O–H groups in total. The van der Waals surface area contributed by atoms with Gasteiger partial charge in [0, 0.05) is 12.2 Å². The minimum absolute atomic E-state index is 0.516. The van der Waals surface area contributed by atoms with Gasteiger partial charge in [0.1, 0.15) is 0 Å². The van der Waals surface area contributed by atoms with Crippen LogP contribution in [0.3, 0.4) is 0 Å². The van der Waals surface area contributed by atoms with Crippen LogP contribution in [-0.2, 0) is 0 Å². The number of nitrogen functional groups attached to an aromatic ring is 1. The molecule has 0 fully saturated rings. The van der Waals surface area contributed by atoms with Crippen LogP contribution in [-0.4, -0.2) is 25.5 Å². The first-order valence-electron chi connectivity index (χ1n) is 5.71. The first-order valence-corrected chi connectivity index (χ1v) is 5.71. The van der Waals surface area contributed by atoms with Gasteiger partial charge in [0.25, 0.3) is 0 Å². The summed E-state index contributed by atoms with van der Waals surface area (Å²) in [6.45, 7) is 5.39. The lowest BCUT2D eigenvalue weighted by molar-refractivity contribution is 0.376. The molecule has 0 saturated heterocycles. The zero-order chi connectivity index (χ0) is 12.1. The van der Waals surface area contributed by atoms with E-state index in [1.165, 1.54) is 11.1 Å². The Labute approximate surface area is 98.8 Å². The molecule has 1 unspecified atom stereocenters. The fourth-order valence-corrected chi connectivity index (χ4v) is 2.10. The van der Waals surface area contributed by atoms with Gasteiger partial charge in [-0.1, -0.05) is 25.1 Å². The Kier molecular flexibility index (Phi) is 4.56. The monoisotopic (exact) mass is 218 g/mol. The molecule has 88 valence electrons. The second-order valence-corrected chi connectivity index (χ2v) is 4.53. The van der Waals surface area contributed by atoms with E-state index in [0.29, 0.717) is 5.92 Å². The third kappa shape index (κ3) is 3.38. The molecule has 0 aliphatic carbocycles. The summed E-state index contributed by atoms with van der Waals surface area (Å²) in [6, 6.07) is 8.10. The van der Waals surface area contributed by atoms with Gasteiger partial charge in [0.05, 0.1) is 0 Å². The van der Waals surface area contributed by atoms with Crippen molar-refractivity contribution >= 4 is 11.3 Å². The number of allylic oxidation sites excluding steroid dienone is 1. The summed E-state index contributed by atoms with van der Waals surface area (Å²) in [7, 11) is 4.20. The first-order chi connectivity index (χ1) is 7.54. The maximum atomic E-state index is 5.81. The van der Waals surface area contributed by atoms with E-state index in [1.54, 1.807) is 0 Å². The van der Waals surface area contributed by atoms with Crippen molar-refractivity contribution in [3.63, 3.8) is 0 Å². The standard InChI is InChI=1S/C14H22N2/c1-5-14(11(2)10-16(3)4)12-7-6-8-13(15)9-12/h5-9,11H,10,15H2,1-4H3/b14-5+. The predicted molar refractivity (Wildman–Crippen MR) is 72.2 cm³/mol. The van der Waals surface area contributed by atoms with E-state index in [9.17, 15) is 0 Å². The predicted octanol–water partition coefficient (Wildman–Crippen LogP) is 2.87. The van der Waals surface area contributed by atoms with E-state index in [0.717, 1.165) is 12.2 Å². The molecule has 0 aromatic heterocycles. The maximum Gasteiger partial charge on any atom is 0.0320 e. The van der Waals surface area contributed by atoms with Gasteiger partial charge in [-0.3, -0.25) is 0 Å². The molecule has 2 nitrogen and oxygen atoms in total. The Hall–Kier alpha value is -1.28. The summed E-state index contributed by atoms with van der Waals surface area (Å²) in [5, 5.41) is 0. The molecular weight excluding hydrogens is 196 g/mol. The van der Waals surface area contributed by atoms with Crippen LogP contribution in [0.5, 0.6) is 0 Å². The average Bonchev–Trinajstić information content (AvgIpc) is 2.17. The molecule has 1 atom stereocenters. The number of nitrogens with zero attached hydrogens (tertiary/aromatic N) is 1. The molecule has 2 heteroatoms. The molecule has 0 aliphatic rings. The van der Waals surface area contributed by atoms with Gasteiger partial charge in [0.15, 0.2) is 0 Å². The molecule has 1 rings (SSSR count). The number of rotatable bonds is 4. The lowest BCUT2D eigenvalue weighted by Crippen LogP contribution is -2.20. The number of anilines is 1. The zero-order valence-corrected chi connectivity index (χ0v) is 10.7. The molecule has 0 heterocycles. The van der Waals surface area contributed by atoms with Crippen molar-refractivity contribution in [3.05, 3.63) is 35.9 Å². The Morgan fingerprint density at radius 1 is 1.44 bits per heavy atom. The maximum absolute atomic E-state index is 5.81. The van der Waals surface area contributed by atoms with Crippen LogP contribution in [0.2, 0.25) is 0 Å². The van der Waals surface area contributed by atoms with Crippen molar-refractivity contribution < 1.29 is 0 Å². The number of hydrogen-bond acceptors (Lipinski definition) is 2. The quantitative estimate of drug-likeness (QED) is 0.787. The molecule has 0 spiro atoms. The van der Waals surface area contributed by atoms with Gasteiger partial charge >= 0.3 is 0 Å². The molecule has 0 saturated carbocycles. The molecule has 1 aromatic carbocycles. The lowest BCUT2D eigenvalue weighted by Gasteiger charge is -2.20. The van der Waals surface area contributed by atoms with Gasteiger partial charge < -0.3 is 10.6 Å². The van der Waals surface area contributed by atoms with Crippen molar-refractivity contribution in [1.82, 2.24) is 4.90 Å². The largest absolute Gasteiger partial charge is 0.399 e. The molecule has 16 heavy (non-hydrogen) atoms. The van der Waals surface area contributed by atoms with E-state index in [4.69, 9.17) is 5.73 Å². The van der Waals surface area contributed by atoms with Crippen LogP contribution in [0, 0.1) is 5.92 Å². The smallest absolute Gasteiger partial charge is 0.0320 e. The number of benzene rings is 1. The topological polar surface area (TPSA) is 29.3 Å². The van der Waals surface area contributed by atoms with Crippen molar-refractivity contribution in [3.8, 4) is 0 Å². The van der Waals surface area contributed by atoms with Gasteiger partial charge in [-0.15, -0.1) is 0 Å². The summed E-state index contributed by atoms with van der Waals surface area (Å²) < 4.78 is 0. The molecular formula is C14H22N2. The first kappa shape index (κ1) is 12.8. The number of hydrogen-bond donors (Lipinski definition) is 1. The van der Waals surface area contributed by atoms with Gasteiger partial charge in [-0.25, -0.2) is 0 Å². The van der Waals surface area contributed by atoms with Crippen molar-refractivity contribution in [2.75, 3.05) is 26.4 Å². The van der Waals surface area contributed by atoms with E-state index < -0.39 is 0 Å². The van der Waals surface area contributed by atoms with E-state index in [2.05, 4.69) is 45.0 Å². The van der Waals surface area contributed by atoms with Crippen molar-refractivity contribution in [2.45, 2.75) is 13.8 Å². The van der Waals surface area contributed by atoms with E-state index in [1.807, 2.05) is 18.2 Å². The Balaban J connectivity index is 2.91. The summed E-state index contributed by atoms with van der Waals surface area (Å²) in [4.78, 5) is 2.21. The summed E-state index contributed by atoms with van der Waals surface area (Å²) >= 11 is 0. The third-order valence-corrected chi connectivity index (χ3v) is 2.70. The van der Waals surface area contributed by atoms with Crippen molar-refractivity contribution in [2.24, 2.45) is 5.92 Å². The fourth-order valence-electron chi connectivity index (χ4n) is 2.10.